The summed E-state index contributed by atoms with van der Waals surface area (Å²) in [6, 6.07) is 14.1. The van der Waals surface area contributed by atoms with E-state index in [9.17, 15) is 5.11 Å². The van der Waals surface area contributed by atoms with Gasteiger partial charge in [-0.2, -0.15) is 0 Å². The molecule has 0 aliphatic carbocycles. The summed E-state index contributed by atoms with van der Waals surface area (Å²) in [5, 5.41) is 10.4. The van der Waals surface area contributed by atoms with Crippen LogP contribution in [0.3, 0.4) is 0 Å². The Morgan fingerprint density at radius 2 is 1.83 bits per heavy atom. The molecule has 0 radical (unpaired) electrons. The molecule has 2 aromatic heterocycles. The van der Waals surface area contributed by atoms with E-state index in [0.717, 1.165) is 17.9 Å². The molecule has 0 saturated heterocycles. The highest BCUT2D eigenvalue weighted by Crippen LogP contribution is 2.16. The van der Waals surface area contributed by atoms with Crippen molar-refractivity contribution in [3.05, 3.63) is 72.8 Å². The number of pyridine rings is 1. The molecule has 0 bridgehead atoms. The zero-order valence-corrected chi connectivity index (χ0v) is 13.8. The van der Waals surface area contributed by atoms with Crippen molar-refractivity contribution >= 4 is 0 Å². The Kier molecular flexibility index (Phi) is 5.36. The van der Waals surface area contributed by atoms with E-state index in [1.165, 1.54) is 5.56 Å². The maximum absolute atomic E-state index is 10.4. The Morgan fingerprint density at radius 1 is 1.08 bits per heavy atom. The molecule has 0 spiro atoms. The monoisotopic (exact) mass is 322 g/mol. The lowest BCUT2D eigenvalue weighted by Gasteiger charge is -2.21. The van der Waals surface area contributed by atoms with Crippen LogP contribution >= 0.6 is 0 Å². The van der Waals surface area contributed by atoms with Crippen LogP contribution in [0.1, 0.15) is 5.56 Å². The molecular formula is C19H22N4O. The largest absolute Gasteiger partial charge is 0.390 e. The minimum atomic E-state index is -0.464. The van der Waals surface area contributed by atoms with Crippen LogP contribution in [0.15, 0.2) is 67.3 Å². The van der Waals surface area contributed by atoms with Crippen molar-refractivity contribution < 1.29 is 5.11 Å². The molecule has 0 fully saturated rings. The first-order chi connectivity index (χ1) is 11.7. The maximum atomic E-state index is 10.4. The van der Waals surface area contributed by atoms with E-state index in [4.69, 9.17) is 0 Å². The fourth-order valence-electron chi connectivity index (χ4n) is 2.82. The quantitative estimate of drug-likeness (QED) is 0.726. The number of nitrogens with zero attached hydrogens (tertiary/aromatic N) is 4. The first-order valence-corrected chi connectivity index (χ1v) is 8.04. The molecule has 3 rings (SSSR count). The van der Waals surface area contributed by atoms with E-state index in [0.29, 0.717) is 13.1 Å². The number of likely N-dealkylation sites (N-methyl/N-ethyl adjacent to an activating group) is 1. The van der Waals surface area contributed by atoms with Crippen LogP contribution in [0.25, 0.3) is 11.4 Å². The van der Waals surface area contributed by atoms with Gasteiger partial charge in [0.25, 0.3) is 0 Å². The minimum Gasteiger partial charge on any atom is -0.390 e. The summed E-state index contributed by atoms with van der Waals surface area (Å²) < 4.78 is 1.98. The number of rotatable bonds is 7. The highest BCUT2D eigenvalue weighted by atomic mass is 16.3. The summed E-state index contributed by atoms with van der Waals surface area (Å²) in [5.41, 5.74) is 2.24. The van der Waals surface area contributed by atoms with Crippen LogP contribution in [0.5, 0.6) is 0 Å². The number of hydrogen-bond acceptors (Lipinski definition) is 4. The average molecular weight is 322 g/mol. The Balaban J connectivity index is 1.59. The molecule has 124 valence electrons. The third kappa shape index (κ3) is 4.28. The molecule has 5 heteroatoms. The van der Waals surface area contributed by atoms with E-state index >= 15 is 0 Å². The number of aromatic nitrogens is 3. The fourth-order valence-corrected chi connectivity index (χ4v) is 2.82. The normalized spacial score (nSPS) is 12.5. The van der Waals surface area contributed by atoms with Gasteiger partial charge in [-0.15, -0.1) is 0 Å². The predicted molar refractivity (Wildman–Crippen MR) is 94.2 cm³/mol. The second kappa shape index (κ2) is 7.86. The van der Waals surface area contributed by atoms with Gasteiger partial charge >= 0.3 is 0 Å². The predicted octanol–water partition coefficient (Wildman–Crippen LogP) is 2.44. The molecule has 1 aromatic carbocycles. The van der Waals surface area contributed by atoms with Gasteiger partial charge in [-0.25, -0.2) is 4.98 Å². The zero-order chi connectivity index (χ0) is 16.8. The molecular weight excluding hydrogens is 300 g/mol. The van der Waals surface area contributed by atoms with Crippen LogP contribution in [0, 0.1) is 0 Å². The van der Waals surface area contributed by atoms with Gasteiger partial charge in [0.15, 0.2) is 0 Å². The van der Waals surface area contributed by atoms with E-state index in [1.54, 1.807) is 18.6 Å². The Labute approximate surface area is 142 Å². The maximum Gasteiger partial charge on any atom is 0.140 e. The van der Waals surface area contributed by atoms with Crippen molar-refractivity contribution in [3.8, 4) is 11.4 Å². The van der Waals surface area contributed by atoms with Gasteiger partial charge in [-0.05, 0) is 24.7 Å². The second-order valence-corrected chi connectivity index (χ2v) is 5.98. The Morgan fingerprint density at radius 3 is 2.58 bits per heavy atom. The fraction of sp³-hybridized carbons (Fsp3) is 0.263. The summed E-state index contributed by atoms with van der Waals surface area (Å²) in [6.07, 6.45) is 6.69. The molecule has 0 saturated carbocycles. The lowest BCUT2D eigenvalue weighted by atomic mass is 10.2. The van der Waals surface area contributed by atoms with Crippen LogP contribution in [-0.4, -0.2) is 44.2 Å². The average Bonchev–Trinajstić information content (AvgIpc) is 3.04. The molecule has 3 aromatic rings. The number of aliphatic hydroxyl groups excluding tert-OH is 1. The summed E-state index contributed by atoms with van der Waals surface area (Å²) in [7, 11) is 2.02. The topological polar surface area (TPSA) is 54.2 Å². The van der Waals surface area contributed by atoms with Gasteiger partial charge in [-0.3, -0.25) is 9.88 Å². The molecule has 1 N–H and O–H groups in total. The molecule has 0 unspecified atom stereocenters. The lowest BCUT2D eigenvalue weighted by Crippen LogP contribution is -2.31. The first-order valence-electron chi connectivity index (χ1n) is 8.04. The first kappa shape index (κ1) is 16.4. The molecule has 0 aliphatic rings. The molecule has 0 aliphatic heterocycles. The number of hydrogen-bond donors (Lipinski definition) is 1. The van der Waals surface area contributed by atoms with Crippen LogP contribution in [0.4, 0.5) is 0 Å². The highest BCUT2D eigenvalue weighted by Gasteiger charge is 2.13. The number of imidazole rings is 1. The Bertz CT molecular complexity index is 742. The van der Waals surface area contributed by atoms with Crippen molar-refractivity contribution in [1.29, 1.82) is 0 Å². The van der Waals surface area contributed by atoms with Crippen LogP contribution < -0.4 is 0 Å². The van der Waals surface area contributed by atoms with Gasteiger partial charge in [0.05, 0.1) is 12.6 Å². The summed E-state index contributed by atoms with van der Waals surface area (Å²) in [5.74, 6) is 0.849. The van der Waals surface area contributed by atoms with Crippen molar-refractivity contribution in [2.24, 2.45) is 0 Å². The second-order valence-electron chi connectivity index (χ2n) is 5.98. The highest BCUT2D eigenvalue weighted by molar-refractivity contribution is 5.54. The van der Waals surface area contributed by atoms with Gasteiger partial charge < -0.3 is 9.67 Å². The van der Waals surface area contributed by atoms with Crippen LogP contribution in [0.2, 0.25) is 0 Å². The van der Waals surface area contributed by atoms with Crippen molar-refractivity contribution in [2.75, 3.05) is 13.6 Å². The number of benzene rings is 1. The third-order valence-electron chi connectivity index (χ3n) is 3.88. The summed E-state index contributed by atoms with van der Waals surface area (Å²) in [4.78, 5) is 10.6. The van der Waals surface area contributed by atoms with E-state index in [1.807, 2.05) is 48.1 Å². The summed E-state index contributed by atoms with van der Waals surface area (Å²) in [6.45, 7) is 1.93. The minimum absolute atomic E-state index is 0.464. The molecule has 0 amide bonds. The van der Waals surface area contributed by atoms with E-state index in [2.05, 4.69) is 27.0 Å². The number of aliphatic hydroxyl groups is 1. The van der Waals surface area contributed by atoms with Crippen molar-refractivity contribution in [3.63, 3.8) is 0 Å². The van der Waals surface area contributed by atoms with E-state index in [-0.39, 0.29) is 0 Å². The van der Waals surface area contributed by atoms with Gasteiger partial charge in [0.2, 0.25) is 0 Å². The molecule has 24 heavy (non-hydrogen) atoms. The molecule has 1 atom stereocenters. The zero-order valence-electron chi connectivity index (χ0n) is 13.8. The Hall–Kier alpha value is -2.50. The van der Waals surface area contributed by atoms with Gasteiger partial charge in [0, 0.05) is 43.4 Å². The molecule has 2 heterocycles. The van der Waals surface area contributed by atoms with Gasteiger partial charge in [-0.1, -0.05) is 30.3 Å². The third-order valence-corrected chi connectivity index (χ3v) is 3.88. The van der Waals surface area contributed by atoms with Crippen LogP contribution in [-0.2, 0) is 13.1 Å². The van der Waals surface area contributed by atoms with Crippen molar-refractivity contribution in [1.82, 2.24) is 19.4 Å². The smallest absolute Gasteiger partial charge is 0.140 e. The molecule has 5 nitrogen and oxygen atoms in total. The van der Waals surface area contributed by atoms with Gasteiger partial charge in [0.1, 0.15) is 5.82 Å². The van der Waals surface area contributed by atoms with Crippen molar-refractivity contribution in [2.45, 2.75) is 19.2 Å². The standard InChI is InChI=1S/C19H22N4O/c1-22(13-16-5-3-2-4-6-16)14-18(24)15-23-12-11-21-19(23)17-7-9-20-10-8-17/h2-12,18,24H,13-15H2,1H3/t18-/m1/s1. The van der Waals surface area contributed by atoms with E-state index < -0.39 is 6.10 Å². The summed E-state index contributed by atoms with van der Waals surface area (Å²) >= 11 is 0. The lowest BCUT2D eigenvalue weighted by molar-refractivity contribution is 0.107. The SMILES string of the molecule is CN(Cc1ccccc1)C[C@@H](O)Cn1ccnc1-c1ccncc1.